The minimum atomic E-state index is -0.809. The molecule has 3 nitrogen and oxygen atoms in total. The SMILES string of the molecule is Cc1ccc(Cc2cccc3c([C@@H]4S[C@H](CO)C[C@H](O)[C@H]4O)csc23)cc1. The number of fused-ring (bicyclic) bond motifs is 1. The van der Waals surface area contributed by atoms with Gasteiger partial charge in [-0.1, -0.05) is 48.0 Å². The number of thioether (sulfide) groups is 1. The topological polar surface area (TPSA) is 60.7 Å². The summed E-state index contributed by atoms with van der Waals surface area (Å²) in [4.78, 5) is 0. The van der Waals surface area contributed by atoms with Crippen molar-refractivity contribution in [1.82, 2.24) is 0 Å². The number of hydrogen-bond acceptors (Lipinski definition) is 5. The largest absolute Gasteiger partial charge is 0.395 e. The van der Waals surface area contributed by atoms with E-state index in [0.717, 1.165) is 17.4 Å². The molecule has 5 heteroatoms. The molecule has 1 fully saturated rings. The summed E-state index contributed by atoms with van der Waals surface area (Å²) in [6.07, 6.45) is -0.296. The highest BCUT2D eigenvalue weighted by Gasteiger charge is 2.38. The summed E-state index contributed by atoms with van der Waals surface area (Å²) in [6, 6.07) is 15.0. The third kappa shape index (κ3) is 3.80. The van der Waals surface area contributed by atoms with Crippen LogP contribution in [0.5, 0.6) is 0 Å². The van der Waals surface area contributed by atoms with Gasteiger partial charge >= 0.3 is 0 Å². The summed E-state index contributed by atoms with van der Waals surface area (Å²) < 4.78 is 1.24. The molecule has 1 aliphatic rings. The van der Waals surface area contributed by atoms with Crippen molar-refractivity contribution in [2.45, 2.75) is 42.5 Å². The molecular weight excluding hydrogens is 376 g/mol. The summed E-state index contributed by atoms with van der Waals surface area (Å²) >= 11 is 3.27. The van der Waals surface area contributed by atoms with Crippen LogP contribution in [-0.2, 0) is 6.42 Å². The predicted molar refractivity (Wildman–Crippen MR) is 114 cm³/mol. The number of aliphatic hydroxyl groups is 3. The van der Waals surface area contributed by atoms with Gasteiger partial charge in [0.2, 0.25) is 0 Å². The molecule has 0 spiro atoms. The standard InChI is InChI=1S/C22H24O3S2/c1-13-5-7-14(8-6-13)9-15-3-2-4-17-18(12-26-21(15)17)22-20(25)19(24)10-16(11-23)27-22/h2-8,12,16,19-20,22-25H,9-11H2,1H3/t16-,19-,20+,22-/m0/s1. The number of rotatable bonds is 4. The Kier molecular flexibility index (Phi) is 5.58. The van der Waals surface area contributed by atoms with Crippen molar-refractivity contribution in [2.75, 3.05) is 6.61 Å². The van der Waals surface area contributed by atoms with Gasteiger partial charge in [0.05, 0.1) is 24.1 Å². The summed E-state index contributed by atoms with van der Waals surface area (Å²) in [6.45, 7) is 2.11. The summed E-state index contributed by atoms with van der Waals surface area (Å²) in [5.74, 6) is 0. The lowest BCUT2D eigenvalue weighted by molar-refractivity contribution is 0.00550. The van der Waals surface area contributed by atoms with Crippen LogP contribution in [0.4, 0.5) is 0 Å². The molecule has 0 amide bonds. The second kappa shape index (κ2) is 7.94. The molecule has 1 saturated heterocycles. The Labute approximate surface area is 167 Å². The number of thiophene rings is 1. The number of aryl methyl sites for hydroxylation is 1. The molecule has 4 rings (SSSR count). The molecule has 3 N–H and O–H groups in total. The van der Waals surface area contributed by atoms with E-state index in [9.17, 15) is 15.3 Å². The lowest BCUT2D eigenvalue weighted by Crippen LogP contribution is -2.39. The van der Waals surface area contributed by atoms with Crippen LogP contribution in [0.2, 0.25) is 0 Å². The maximum Gasteiger partial charge on any atom is 0.0959 e. The first kappa shape index (κ1) is 19.0. The van der Waals surface area contributed by atoms with Crippen molar-refractivity contribution in [2.24, 2.45) is 0 Å². The summed E-state index contributed by atoms with van der Waals surface area (Å²) in [7, 11) is 0. The quantitative estimate of drug-likeness (QED) is 0.618. The number of benzene rings is 2. The van der Waals surface area contributed by atoms with Crippen LogP contribution in [0.25, 0.3) is 10.1 Å². The molecular formula is C22H24O3S2. The van der Waals surface area contributed by atoms with E-state index in [2.05, 4.69) is 54.8 Å². The predicted octanol–water partition coefficient (Wildman–Crippen LogP) is 4.06. The average Bonchev–Trinajstić information content (AvgIpc) is 3.10. The molecule has 2 aromatic carbocycles. The van der Waals surface area contributed by atoms with Crippen molar-refractivity contribution in [3.05, 3.63) is 70.1 Å². The molecule has 3 aromatic rings. The van der Waals surface area contributed by atoms with Crippen LogP contribution in [0.3, 0.4) is 0 Å². The minimum Gasteiger partial charge on any atom is -0.395 e. The molecule has 0 aliphatic carbocycles. The van der Waals surface area contributed by atoms with Crippen LogP contribution < -0.4 is 0 Å². The Morgan fingerprint density at radius 2 is 1.85 bits per heavy atom. The Hall–Kier alpha value is -1.37. The average molecular weight is 401 g/mol. The second-order valence-electron chi connectivity index (χ2n) is 7.30. The van der Waals surface area contributed by atoms with E-state index in [1.165, 1.54) is 21.4 Å². The van der Waals surface area contributed by atoms with E-state index in [1.807, 2.05) is 0 Å². The Balaban J connectivity index is 1.68. The molecule has 0 saturated carbocycles. The highest BCUT2D eigenvalue weighted by atomic mass is 32.2. The van der Waals surface area contributed by atoms with E-state index in [0.29, 0.717) is 6.42 Å². The molecule has 1 aromatic heterocycles. The monoisotopic (exact) mass is 400 g/mol. The molecule has 0 radical (unpaired) electrons. The van der Waals surface area contributed by atoms with Crippen molar-refractivity contribution < 1.29 is 15.3 Å². The lowest BCUT2D eigenvalue weighted by Gasteiger charge is -2.35. The van der Waals surface area contributed by atoms with Gasteiger partial charge in [-0.25, -0.2) is 0 Å². The maximum absolute atomic E-state index is 10.6. The fourth-order valence-corrected chi connectivity index (χ4v) is 6.45. The fraction of sp³-hybridized carbons (Fsp3) is 0.364. The van der Waals surface area contributed by atoms with Gasteiger partial charge in [0.15, 0.2) is 0 Å². The van der Waals surface area contributed by atoms with Crippen molar-refractivity contribution in [1.29, 1.82) is 0 Å². The smallest absolute Gasteiger partial charge is 0.0959 e. The van der Waals surface area contributed by atoms with E-state index < -0.39 is 12.2 Å². The Morgan fingerprint density at radius 3 is 2.59 bits per heavy atom. The zero-order valence-electron chi connectivity index (χ0n) is 15.2. The van der Waals surface area contributed by atoms with Gasteiger partial charge in [0.1, 0.15) is 0 Å². The molecule has 4 atom stereocenters. The van der Waals surface area contributed by atoms with Crippen molar-refractivity contribution in [3.63, 3.8) is 0 Å². The third-order valence-electron chi connectivity index (χ3n) is 5.28. The van der Waals surface area contributed by atoms with Gasteiger partial charge in [0.25, 0.3) is 0 Å². The normalized spacial score (nSPS) is 25.8. The van der Waals surface area contributed by atoms with E-state index in [-0.39, 0.29) is 17.1 Å². The van der Waals surface area contributed by atoms with Crippen LogP contribution >= 0.6 is 23.1 Å². The number of aliphatic hydroxyl groups excluding tert-OH is 3. The van der Waals surface area contributed by atoms with E-state index >= 15 is 0 Å². The highest BCUT2D eigenvalue weighted by molar-refractivity contribution is 8.00. The first-order valence-electron chi connectivity index (χ1n) is 9.24. The van der Waals surface area contributed by atoms with Gasteiger partial charge in [-0.05, 0) is 47.2 Å². The maximum atomic E-state index is 10.6. The van der Waals surface area contributed by atoms with Gasteiger partial charge < -0.3 is 15.3 Å². The van der Waals surface area contributed by atoms with E-state index in [1.54, 1.807) is 23.1 Å². The molecule has 142 valence electrons. The van der Waals surface area contributed by atoms with Gasteiger partial charge in [-0.3, -0.25) is 0 Å². The van der Waals surface area contributed by atoms with Crippen molar-refractivity contribution in [3.8, 4) is 0 Å². The van der Waals surface area contributed by atoms with Crippen LogP contribution in [0.15, 0.2) is 47.8 Å². The van der Waals surface area contributed by atoms with E-state index in [4.69, 9.17) is 0 Å². The highest BCUT2D eigenvalue weighted by Crippen LogP contribution is 2.47. The molecule has 2 heterocycles. The summed E-state index contributed by atoms with van der Waals surface area (Å²) in [5.41, 5.74) is 4.89. The Morgan fingerprint density at radius 1 is 1.07 bits per heavy atom. The fourth-order valence-electron chi connectivity index (χ4n) is 3.75. The zero-order chi connectivity index (χ0) is 19.0. The molecule has 0 unspecified atom stereocenters. The minimum absolute atomic E-state index is 0.0195. The van der Waals surface area contributed by atoms with Crippen LogP contribution in [0, 0.1) is 6.92 Å². The van der Waals surface area contributed by atoms with Gasteiger partial charge in [0, 0.05) is 9.95 Å². The molecule has 1 aliphatic heterocycles. The van der Waals surface area contributed by atoms with Gasteiger partial charge in [-0.15, -0.1) is 23.1 Å². The molecule has 0 bridgehead atoms. The molecule has 27 heavy (non-hydrogen) atoms. The third-order valence-corrected chi connectivity index (χ3v) is 7.93. The zero-order valence-corrected chi connectivity index (χ0v) is 16.8. The number of hydrogen-bond donors (Lipinski definition) is 3. The second-order valence-corrected chi connectivity index (χ2v) is 9.63. The van der Waals surface area contributed by atoms with Gasteiger partial charge in [-0.2, -0.15) is 0 Å². The van der Waals surface area contributed by atoms with Crippen LogP contribution in [-0.4, -0.2) is 39.4 Å². The first-order chi connectivity index (χ1) is 13.1. The van der Waals surface area contributed by atoms with Crippen molar-refractivity contribution >= 4 is 33.2 Å². The first-order valence-corrected chi connectivity index (χ1v) is 11.1. The summed E-state index contributed by atoms with van der Waals surface area (Å²) in [5, 5.41) is 33.3. The van der Waals surface area contributed by atoms with Crippen LogP contribution in [0.1, 0.15) is 33.9 Å². The lowest BCUT2D eigenvalue weighted by atomic mass is 9.97. The Bertz CT molecular complexity index is 919.